The normalized spacial score (nSPS) is 11.4. The first-order valence-electron chi connectivity index (χ1n) is 23.8. The summed E-state index contributed by atoms with van der Waals surface area (Å²) in [5.41, 5.74) is 1.01. The van der Waals surface area contributed by atoms with Gasteiger partial charge >= 0.3 is 11.7 Å². The molecule has 0 saturated carbocycles. The van der Waals surface area contributed by atoms with Crippen molar-refractivity contribution in [3.05, 3.63) is 217 Å². The maximum absolute atomic E-state index is 13.2. The molecular formula is C60H62N6O4P2Pt+2. The monoisotopic (exact) mass is 1190 g/mol. The molecule has 374 valence electrons. The van der Waals surface area contributed by atoms with E-state index in [1.165, 1.54) is 21.2 Å². The number of aliphatic hydroxyl groups excluding tert-OH is 1. The average Bonchev–Trinajstić information content (AvgIpc) is 3.35. The van der Waals surface area contributed by atoms with E-state index in [9.17, 15) is 19.5 Å². The van der Waals surface area contributed by atoms with Gasteiger partial charge in [0.25, 0.3) is 11.7 Å². The SMILES string of the molecule is CC(C)(C)CC(=O)Nc1cccc(NC(=O)c2cccc(P(c3ccccc3)c3ccccc3)c2)n1.CC(C)(C)CC(=O)Nc1cccc([NH+]=C(O)c2cccc(P(c3ccccc3)c3ccccc3)c2)[nH+]1.[Pt]. The molecule has 0 fully saturated rings. The molecule has 13 heteroatoms. The number of amides is 3. The van der Waals surface area contributed by atoms with Gasteiger partial charge in [0.1, 0.15) is 11.6 Å². The smallest absolute Gasteiger partial charge is 0.445 e. The van der Waals surface area contributed by atoms with Gasteiger partial charge < -0.3 is 15.7 Å². The number of aromatic nitrogens is 2. The van der Waals surface area contributed by atoms with Gasteiger partial charge in [-0.15, -0.1) is 9.98 Å². The molecule has 10 nitrogen and oxygen atoms in total. The van der Waals surface area contributed by atoms with E-state index in [1.54, 1.807) is 36.4 Å². The van der Waals surface area contributed by atoms with E-state index in [0.717, 1.165) is 10.6 Å². The molecule has 2 aromatic heterocycles. The fourth-order valence-electron chi connectivity index (χ4n) is 7.70. The van der Waals surface area contributed by atoms with Crippen LogP contribution in [0.15, 0.2) is 206 Å². The van der Waals surface area contributed by atoms with Gasteiger partial charge in [0.2, 0.25) is 11.8 Å². The molecule has 0 radical (unpaired) electrons. The van der Waals surface area contributed by atoms with Crippen molar-refractivity contribution < 1.29 is 50.5 Å². The van der Waals surface area contributed by atoms with Crippen molar-refractivity contribution in [2.45, 2.75) is 54.4 Å². The number of nitrogens with zero attached hydrogens (tertiary/aromatic N) is 1. The summed E-state index contributed by atoms with van der Waals surface area (Å²) < 4.78 is 0. The van der Waals surface area contributed by atoms with Crippen molar-refractivity contribution in [1.82, 2.24) is 4.98 Å². The number of H-pyrrole nitrogens is 1. The van der Waals surface area contributed by atoms with Crippen molar-refractivity contribution in [3.8, 4) is 0 Å². The quantitative estimate of drug-likeness (QED) is 0.0420. The topological polar surface area (TPSA) is 149 Å². The molecule has 0 unspecified atom stereocenters. The Balaban J connectivity index is 0.000000235. The molecule has 0 atom stereocenters. The van der Waals surface area contributed by atoms with Gasteiger partial charge in [-0.1, -0.05) is 193 Å². The van der Waals surface area contributed by atoms with Gasteiger partial charge in [-0.25, -0.2) is 4.98 Å². The van der Waals surface area contributed by atoms with Crippen LogP contribution >= 0.6 is 15.8 Å². The summed E-state index contributed by atoms with van der Waals surface area (Å²) in [5.74, 6) is 1.53. The molecule has 2 heterocycles. The van der Waals surface area contributed by atoms with Gasteiger partial charge in [-0.2, -0.15) is 0 Å². The molecular weight excluding hydrogens is 1130 g/mol. The van der Waals surface area contributed by atoms with Crippen LogP contribution in [0.2, 0.25) is 0 Å². The van der Waals surface area contributed by atoms with E-state index in [0.29, 0.717) is 47.2 Å². The summed E-state index contributed by atoms with van der Waals surface area (Å²) in [5, 5.41) is 26.7. The van der Waals surface area contributed by atoms with Crippen LogP contribution in [0, 0.1) is 10.8 Å². The Morgan fingerprint density at radius 3 is 1.33 bits per heavy atom. The molecule has 0 bridgehead atoms. The third kappa shape index (κ3) is 17.1. The molecule has 6 aromatic carbocycles. The van der Waals surface area contributed by atoms with E-state index < -0.39 is 15.8 Å². The first kappa shape index (κ1) is 55.4. The Labute approximate surface area is 446 Å². The number of carbonyl (C=O) groups excluding carboxylic acids is 3. The Bertz CT molecular complexity index is 3040. The molecule has 6 N–H and O–H groups in total. The first-order valence-corrected chi connectivity index (χ1v) is 26.5. The van der Waals surface area contributed by atoms with Crippen LogP contribution in [0.3, 0.4) is 0 Å². The minimum atomic E-state index is -0.816. The number of nitrogens with one attached hydrogen (secondary N) is 5. The van der Waals surface area contributed by atoms with Crippen LogP contribution in [0.4, 0.5) is 23.3 Å². The van der Waals surface area contributed by atoms with Gasteiger partial charge in [0, 0.05) is 45.5 Å². The molecule has 8 rings (SSSR count). The maximum atomic E-state index is 13.2. The van der Waals surface area contributed by atoms with Gasteiger partial charge in [-0.3, -0.25) is 19.7 Å². The molecule has 0 spiro atoms. The second kappa shape index (κ2) is 26.1. The van der Waals surface area contributed by atoms with E-state index >= 15 is 0 Å². The number of aromatic amines is 1. The number of benzene rings is 6. The van der Waals surface area contributed by atoms with Gasteiger partial charge in [0.15, 0.2) is 0 Å². The summed E-state index contributed by atoms with van der Waals surface area (Å²) in [4.78, 5) is 48.3. The van der Waals surface area contributed by atoms with Crippen LogP contribution in [0.1, 0.15) is 70.3 Å². The predicted octanol–water partition coefficient (Wildman–Crippen LogP) is 8.81. The number of aliphatic hydroxyl groups is 1. The molecule has 0 aliphatic heterocycles. The number of anilines is 3. The van der Waals surface area contributed by atoms with Gasteiger partial charge in [0.05, 0.1) is 11.6 Å². The third-order valence-corrected chi connectivity index (χ3v) is 15.6. The Hall–Kier alpha value is -6.95. The van der Waals surface area contributed by atoms with Crippen LogP contribution in [0.5, 0.6) is 0 Å². The summed E-state index contributed by atoms with van der Waals surface area (Å²) in [6.45, 7) is 12.1. The summed E-state index contributed by atoms with van der Waals surface area (Å²) in [6.07, 6.45) is 0.790. The fraction of sp³-hybridized carbons (Fsp3) is 0.167. The third-order valence-electron chi connectivity index (χ3n) is 10.8. The number of hydrogen-bond acceptors (Lipinski definition) is 4. The summed E-state index contributed by atoms with van der Waals surface area (Å²) in [6, 6.07) is 68.0. The average molecular weight is 1190 g/mol. The zero-order chi connectivity index (χ0) is 51.1. The number of rotatable bonds is 14. The van der Waals surface area contributed by atoms with Crippen LogP contribution in [0.25, 0.3) is 0 Å². The zero-order valence-electron chi connectivity index (χ0n) is 41.9. The Kier molecular flexibility index (Phi) is 19.8. The minimum absolute atomic E-state index is 0. The van der Waals surface area contributed by atoms with Crippen molar-refractivity contribution in [2.24, 2.45) is 10.8 Å². The molecule has 0 saturated heterocycles. The zero-order valence-corrected chi connectivity index (χ0v) is 45.9. The number of carbonyl (C=O) groups is 3. The first-order chi connectivity index (χ1) is 34.6. The molecule has 3 amide bonds. The van der Waals surface area contributed by atoms with E-state index in [4.69, 9.17) is 0 Å². The second-order valence-electron chi connectivity index (χ2n) is 19.5. The Morgan fingerprint density at radius 2 is 0.863 bits per heavy atom. The molecule has 0 aliphatic carbocycles. The molecule has 73 heavy (non-hydrogen) atoms. The maximum Gasteiger partial charge on any atom is 0.445 e. The van der Waals surface area contributed by atoms with E-state index in [-0.39, 0.29) is 55.5 Å². The largest absolute Gasteiger partial charge is 0.459 e. The van der Waals surface area contributed by atoms with Crippen molar-refractivity contribution in [3.63, 3.8) is 0 Å². The number of hydrogen-bond donors (Lipinski definition) is 5. The van der Waals surface area contributed by atoms with Crippen molar-refractivity contribution in [1.29, 1.82) is 0 Å². The van der Waals surface area contributed by atoms with Crippen LogP contribution in [-0.4, -0.2) is 33.7 Å². The molecule has 8 aromatic rings. The fourth-order valence-corrected chi connectivity index (χ4v) is 12.4. The molecule has 0 aliphatic rings. The van der Waals surface area contributed by atoms with Gasteiger partial charge in [-0.05, 0) is 101 Å². The predicted molar refractivity (Wildman–Crippen MR) is 298 cm³/mol. The van der Waals surface area contributed by atoms with E-state index in [1.807, 2.05) is 126 Å². The standard InChI is InChI=1S/2C30H30N3O2P.Pt/c2*1-30(2,3)21-28(34)32-26-18-11-19-27(31-26)33-29(35)22-12-10-17-25(20-22)36(23-13-6-4-7-14-23)24-15-8-5-9-16-24;/h2*4-20H,21H2,1-3H3,(H2,31,32,33,34,35);/p+2. The van der Waals surface area contributed by atoms with Crippen molar-refractivity contribution >= 4 is 94.6 Å². The van der Waals surface area contributed by atoms with Crippen LogP contribution in [-0.2, 0) is 30.7 Å². The van der Waals surface area contributed by atoms with Crippen LogP contribution < -0.4 is 57.8 Å². The number of pyridine rings is 2. The Morgan fingerprint density at radius 1 is 0.479 bits per heavy atom. The summed E-state index contributed by atoms with van der Waals surface area (Å²) in [7, 11) is -1.60. The summed E-state index contributed by atoms with van der Waals surface area (Å²) >= 11 is 0. The second-order valence-corrected chi connectivity index (χ2v) is 23.9. The minimum Gasteiger partial charge on any atom is -0.459 e. The van der Waals surface area contributed by atoms with E-state index in [2.05, 4.69) is 116 Å². The van der Waals surface area contributed by atoms with Crippen molar-refractivity contribution in [2.75, 3.05) is 16.0 Å².